The van der Waals surface area contributed by atoms with Crippen LogP contribution in [-0.2, 0) is 15.0 Å². The van der Waals surface area contributed by atoms with Crippen molar-refractivity contribution >= 4 is 16.1 Å². The van der Waals surface area contributed by atoms with Gasteiger partial charge in [-0.25, -0.2) is 0 Å². The number of amides is 1. The van der Waals surface area contributed by atoms with Gasteiger partial charge in [0.1, 0.15) is 6.04 Å². The first-order valence-corrected chi connectivity index (χ1v) is 9.21. The van der Waals surface area contributed by atoms with Gasteiger partial charge in [0.25, 0.3) is 10.2 Å². The maximum absolute atomic E-state index is 12.9. The lowest BCUT2D eigenvalue weighted by Crippen LogP contribution is -2.52. The van der Waals surface area contributed by atoms with Crippen LogP contribution >= 0.6 is 0 Å². The van der Waals surface area contributed by atoms with Crippen molar-refractivity contribution < 1.29 is 13.2 Å². The number of likely N-dealkylation sites (N-methyl/N-ethyl adjacent to an activating group) is 1. The van der Waals surface area contributed by atoms with Crippen molar-refractivity contribution in [2.75, 3.05) is 27.7 Å². The second kappa shape index (κ2) is 6.62. The largest absolute Gasteiger partial charge is 0.347 e. The van der Waals surface area contributed by atoms with Gasteiger partial charge in [0, 0.05) is 33.7 Å². The standard InChI is InChI=1S/C14H27N3O3S/c1-15(2)14(18)13-10-7-11-17(13)21(19,20)16(3)12-8-5-4-6-9-12/h12-13H,4-11H2,1-3H3. The van der Waals surface area contributed by atoms with Gasteiger partial charge in [-0.1, -0.05) is 19.3 Å². The highest BCUT2D eigenvalue weighted by atomic mass is 32.2. The molecule has 0 N–H and O–H groups in total. The van der Waals surface area contributed by atoms with Gasteiger partial charge in [-0.05, 0) is 25.7 Å². The van der Waals surface area contributed by atoms with Gasteiger partial charge in [-0.3, -0.25) is 4.79 Å². The lowest BCUT2D eigenvalue weighted by Gasteiger charge is -2.35. The van der Waals surface area contributed by atoms with Crippen LogP contribution in [0.25, 0.3) is 0 Å². The Bertz CT molecular complexity index is 472. The van der Waals surface area contributed by atoms with Crippen molar-refractivity contribution in [2.45, 2.75) is 57.0 Å². The third kappa shape index (κ3) is 3.40. The summed E-state index contributed by atoms with van der Waals surface area (Å²) in [7, 11) is 1.47. The SMILES string of the molecule is CN(C)C(=O)C1CCCN1S(=O)(=O)N(C)C1CCCCC1. The molecule has 2 rings (SSSR count). The highest BCUT2D eigenvalue weighted by Crippen LogP contribution is 2.29. The molecule has 0 aromatic rings. The molecule has 1 saturated heterocycles. The topological polar surface area (TPSA) is 60.9 Å². The summed E-state index contributed by atoms with van der Waals surface area (Å²) >= 11 is 0. The predicted octanol–water partition coefficient (Wildman–Crippen LogP) is 1.05. The Morgan fingerprint density at radius 3 is 2.19 bits per heavy atom. The van der Waals surface area contributed by atoms with Crippen LogP contribution in [-0.4, -0.2) is 67.6 Å². The van der Waals surface area contributed by atoms with E-state index in [4.69, 9.17) is 0 Å². The van der Waals surface area contributed by atoms with Gasteiger partial charge in [0.15, 0.2) is 0 Å². The minimum Gasteiger partial charge on any atom is -0.347 e. The number of carbonyl (C=O) groups excluding carboxylic acids is 1. The average molecular weight is 317 g/mol. The normalized spacial score (nSPS) is 25.4. The second-order valence-electron chi connectivity index (χ2n) is 6.32. The summed E-state index contributed by atoms with van der Waals surface area (Å²) in [5, 5.41) is 0. The van der Waals surface area contributed by atoms with Gasteiger partial charge in [-0.2, -0.15) is 17.0 Å². The molecule has 0 spiro atoms. The van der Waals surface area contributed by atoms with Gasteiger partial charge in [-0.15, -0.1) is 0 Å². The zero-order valence-electron chi connectivity index (χ0n) is 13.3. The molecule has 2 aliphatic rings. The van der Waals surface area contributed by atoms with E-state index in [1.807, 2.05) is 0 Å². The van der Waals surface area contributed by atoms with E-state index >= 15 is 0 Å². The van der Waals surface area contributed by atoms with Crippen molar-refractivity contribution in [3.8, 4) is 0 Å². The highest BCUT2D eigenvalue weighted by molar-refractivity contribution is 7.86. The zero-order chi connectivity index (χ0) is 15.6. The first-order chi connectivity index (χ1) is 9.85. The Balaban J connectivity index is 2.15. The summed E-state index contributed by atoms with van der Waals surface area (Å²) < 4.78 is 28.6. The summed E-state index contributed by atoms with van der Waals surface area (Å²) in [4.78, 5) is 13.7. The molecule has 6 nitrogen and oxygen atoms in total. The molecule has 1 aliphatic heterocycles. The third-order valence-electron chi connectivity index (χ3n) is 4.68. The van der Waals surface area contributed by atoms with Crippen LogP contribution in [0, 0.1) is 0 Å². The van der Waals surface area contributed by atoms with Crippen LogP contribution in [0.1, 0.15) is 44.9 Å². The molecule has 2 fully saturated rings. The van der Waals surface area contributed by atoms with Crippen LogP contribution in [0.2, 0.25) is 0 Å². The number of rotatable bonds is 4. The van der Waals surface area contributed by atoms with E-state index < -0.39 is 16.3 Å². The van der Waals surface area contributed by atoms with Gasteiger partial charge in [0.2, 0.25) is 5.91 Å². The highest BCUT2D eigenvalue weighted by Gasteiger charge is 2.42. The Morgan fingerprint density at radius 1 is 1.00 bits per heavy atom. The molecule has 0 bridgehead atoms. The molecule has 0 aromatic carbocycles. The maximum atomic E-state index is 12.9. The smallest absolute Gasteiger partial charge is 0.282 e. The van der Waals surface area contributed by atoms with E-state index in [-0.39, 0.29) is 11.9 Å². The van der Waals surface area contributed by atoms with Crippen molar-refractivity contribution in [1.29, 1.82) is 0 Å². The maximum Gasteiger partial charge on any atom is 0.282 e. The summed E-state index contributed by atoms with van der Waals surface area (Å²) in [6.45, 7) is 0.448. The first-order valence-electron chi connectivity index (χ1n) is 7.81. The van der Waals surface area contributed by atoms with Gasteiger partial charge in [0.05, 0.1) is 0 Å². The van der Waals surface area contributed by atoms with E-state index in [9.17, 15) is 13.2 Å². The van der Waals surface area contributed by atoms with Crippen LogP contribution < -0.4 is 0 Å². The minimum atomic E-state index is -3.55. The molecule has 0 radical (unpaired) electrons. The number of hydrogen-bond acceptors (Lipinski definition) is 3. The molecule has 1 aliphatic carbocycles. The predicted molar refractivity (Wildman–Crippen MR) is 82.0 cm³/mol. The second-order valence-corrected chi connectivity index (χ2v) is 8.26. The molecular weight excluding hydrogens is 290 g/mol. The Hall–Kier alpha value is -0.660. The number of nitrogens with zero attached hydrogens (tertiary/aromatic N) is 3. The third-order valence-corrected chi connectivity index (χ3v) is 6.73. The fraction of sp³-hybridized carbons (Fsp3) is 0.929. The van der Waals surface area contributed by atoms with Crippen LogP contribution in [0.3, 0.4) is 0 Å². The van der Waals surface area contributed by atoms with Crippen LogP contribution in [0.5, 0.6) is 0 Å². The van der Waals surface area contributed by atoms with Gasteiger partial charge < -0.3 is 4.90 Å². The fourth-order valence-electron chi connectivity index (χ4n) is 3.36. The van der Waals surface area contributed by atoms with Crippen LogP contribution in [0.4, 0.5) is 0 Å². The van der Waals surface area contributed by atoms with E-state index in [0.29, 0.717) is 13.0 Å². The molecule has 21 heavy (non-hydrogen) atoms. The molecule has 1 amide bonds. The zero-order valence-corrected chi connectivity index (χ0v) is 14.1. The molecule has 0 aromatic heterocycles. The summed E-state index contributed by atoms with van der Waals surface area (Å²) in [5.74, 6) is -0.117. The molecule has 7 heteroatoms. The van der Waals surface area contributed by atoms with Crippen molar-refractivity contribution in [3.63, 3.8) is 0 Å². The number of carbonyl (C=O) groups is 1. The molecule has 122 valence electrons. The summed E-state index contributed by atoms with van der Waals surface area (Å²) in [6, 6.07) is -0.449. The first kappa shape index (κ1) is 16.7. The van der Waals surface area contributed by atoms with Crippen molar-refractivity contribution in [1.82, 2.24) is 13.5 Å². The molecular formula is C14H27N3O3S. The summed E-state index contributed by atoms with van der Waals surface area (Å²) in [6.07, 6.45) is 6.59. The van der Waals surface area contributed by atoms with E-state index in [1.54, 1.807) is 21.1 Å². The lowest BCUT2D eigenvalue weighted by atomic mass is 9.96. The average Bonchev–Trinajstić information content (AvgIpc) is 2.96. The molecule has 1 saturated carbocycles. The Kier molecular flexibility index (Phi) is 5.27. The van der Waals surface area contributed by atoms with Gasteiger partial charge >= 0.3 is 0 Å². The molecule has 1 unspecified atom stereocenters. The summed E-state index contributed by atoms with van der Waals surface area (Å²) in [5.41, 5.74) is 0. The Morgan fingerprint density at radius 2 is 1.62 bits per heavy atom. The molecule has 1 atom stereocenters. The number of hydrogen-bond donors (Lipinski definition) is 0. The Labute approximate surface area is 128 Å². The van der Waals surface area contributed by atoms with E-state index in [1.165, 1.54) is 19.9 Å². The minimum absolute atomic E-state index is 0.0828. The van der Waals surface area contributed by atoms with E-state index in [2.05, 4.69) is 0 Å². The molecule has 1 heterocycles. The van der Waals surface area contributed by atoms with Crippen molar-refractivity contribution in [3.05, 3.63) is 0 Å². The quantitative estimate of drug-likeness (QED) is 0.778. The van der Waals surface area contributed by atoms with Crippen LogP contribution in [0.15, 0.2) is 0 Å². The fourth-order valence-corrected chi connectivity index (χ4v) is 5.16. The van der Waals surface area contributed by atoms with E-state index in [0.717, 1.165) is 32.1 Å². The lowest BCUT2D eigenvalue weighted by molar-refractivity contribution is -0.132. The van der Waals surface area contributed by atoms with Crippen molar-refractivity contribution in [2.24, 2.45) is 0 Å². The monoisotopic (exact) mass is 317 g/mol.